The van der Waals surface area contributed by atoms with E-state index in [0.717, 1.165) is 39.2 Å². The Hall–Kier alpha value is -2.28. The molecule has 0 spiro atoms. The van der Waals surface area contributed by atoms with E-state index < -0.39 is 5.41 Å². The van der Waals surface area contributed by atoms with Crippen LogP contribution in [0.3, 0.4) is 0 Å². The zero-order valence-corrected chi connectivity index (χ0v) is 20.8. The lowest BCUT2D eigenvalue weighted by Gasteiger charge is -2.31. The molecule has 3 aromatic carbocycles. The van der Waals surface area contributed by atoms with Gasteiger partial charge in [-0.15, -0.1) is 0 Å². The third kappa shape index (κ3) is 4.87. The second-order valence-corrected chi connectivity index (χ2v) is 9.98. The maximum Gasteiger partial charge on any atom is 0.342 e. The zero-order chi connectivity index (χ0) is 22.6. The molecule has 1 N–H and O–H groups in total. The average Bonchev–Trinajstić information content (AvgIpc) is 3.21. The molecule has 0 aliphatic carbocycles. The van der Waals surface area contributed by atoms with Gasteiger partial charge in [-0.05, 0) is 66.0 Å². The van der Waals surface area contributed by atoms with Crippen LogP contribution < -0.4 is 5.32 Å². The Bertz CT molecular complexity index is 1110. The largest absolute Gasteiger partial charge is 0.342 e. The van der Waals surface area contributed by atoms with Crippen LogP contribution in [0.25, 0.3) is 0 Å². The van der Waals surface area contributed by atoms with Crippen molar-refractivity contribution in [3.8, 4) is 0 Å². The Kier molecular flexibility index (Phi) is 7.23. The van der Waals surface area contributed by atoms with Crippen LogP contribution in [0.1, 0.15) is 17.5 Å². The molecule has 2 amide bonds. The number of benzene rings is 3. The van der Waals surface area contributed by atoms with Gasteiger partial charge in [0.25, 0.3) is 0 Å². The van der Waals surface area contributed by atoms with E-state index in [1.807, 2.05) is 66.7 Å². The number of halogens is 2. The van der Waals surface area contributed by atoms with Crippen molar-refractivity contribution in [2.75, 3.05) is 23.9 Å². The maximum absolute atomic E-state index is 13.2. The number of hydrogen-bond acceptors (Lipinski definition) is 3. The molecule has 1 heterocycles. The van der Waals surface area contributed by atoms with Crippen molar-refractivity contribution in [1.29, 1.82) is 0 Å². The fourth-order valence-corrected chi connectivity index (χ4v) is 4.91. The van der Waals surface area contributed by atoms with Gasteiger partial charge in [-0.3, -0.25) is 0 Å². The van der Waals surface area contributed by atoms with Gasteiger partial charge in [-0.1, -0.05) is 70.0 Å². The molecule has 1 atom stereocenters. The van der Waals surface area contributed by atoms with Crippen molar-refractivity contribution in [2.24, 2.45) is 5.10 Å². The van der Waals surface area contributed by atoms with Gasteiger partial charge in [-0.25, -0.2) is 9.80 Å². The molecule has 0 bridgehead atoms. The van der Waals surface area contributed by atoms with Crippen LogP contribution in [0, 0.1) is 0 Å². The van der Waals surface area contributed by atoms with Gasteiger partial charge in [0.2, 0.25) is 0 Å². The molecule has 1 unspecified atom stereocenters. The molecule has 0 aromatic heterocycles. The highest BCUT2D eigenvalue weighted by molar-refractivity contribution is 9.10. The highest BCUT2D eigenvalue weighted by Gasteiger charge is 2.46. The first-order chi connectivity index (χ1) is 15.5. The van der Waals surface area contributed by atoms with Crippen LogP contribution >= 0.6 is 39.3 Å². The number of rotatable bonds is 6. The van der Waals surface area contributed by atoms with Crippen LogP contribution in [0.15, 0.2) is 88.4 Å². The molecule has 4 nitrogen and oxygen atoms in total. The minimum absolute atomic E-state index is 0.249. The molecule has 1 aliphatic heterocycles. The first-order valence-electron chi connectivity index (χ1n) is 10.3. The van der Waals surface area contributed by atoms with Gasteiger partial charge in [0.05, 0.1) is 17.7 Å². The number of hydrogen-bond donors (Lipinski definition) is 1. The van der Waals surface area contributed by atoms with E-state index in [9.17, 15) is 4.79 Å². The molecule has 0 saturated carbocycles. The molecule has 4 rings (SSSR count). The van der Waals surface area contributed by atoms with Gasteiger partial charge in [0.15, 0.2) is 0 Å². The van der Waals surface area contributed by atoms with Crippen LogP contribution in [-0.4, -0.2) is 35.3 Å². The summed E-state index contributed by atoms with van der Waals surface area (Å²) in [5.74, 6) is 0.948. The second-order valence-electron chi connectivity index (χ2n) is 7.64. The number of carbonyl (C=O) groups is 1. The molecule has 32 heavy (non-hydrogen) atoms. The first-order valence-corrected chi connectivity index (χ1v) is 12.8. The fourth-order valence-electron chi connectivity index (χ4n) is 3.97. The Morgan fingerprint density at radius 2 is 1.78 bits per heavy atom. The normalized spacial score (nSPS) is 17.8. The lowest BCUT2D eigenvalue weighted by atomic mass is 9.72. The van der Waals surface area contributed by atoms with E-state index >= 15 is 0 Å². The van der Waals surface area contributed by atoms with Crippen molar-refractivity contribution in [3.63, 3.8) is 0 Å². The van der Waals surface area contributed by atoms with E-state index in [4.69, 9.17) is 16.7 Å². The number of anilines is 1. The highest BCUT2D eigenvalue weighted by atomic mass is 79.9. The summed E-state index contributed by atoms with van der Waals surface area (Å²) in [6.45, 7) is 0.470. The van der Waals surface area contributed by atoms with Crippen LogP contribution in [0.5, 0.6) is 0 Å². The van der Waals surface area contributed by atoms with E-state index in [0.29, 0.717) is 11.6 Å². The molecular weight excluding hydrogens is 506 g/mol. The Labute approximate surface area is 206 Å². The van der Waals surface area contributed by atoms with Crippen molar-refractivity contribution >= 4 is 56.7 Å². The number of nitrogens with one attached hydrogen (secondary N) is 1. The predicted molar refractivity (Wildman–Crippen MR) is 139 cm³/mol. The van der Waals surface area contributed by atoms with E-state index in [1.54, 1.807) is 16.8 Å². The van der Waals surface area contributed by atoms with Gasteiger partial charge < -0.3 is 5.32 Å². The summed E-state index contributed by atoms with van der Waals surface area (Å²) < 4.78 is 0.958. The summed E-state index contributed by atoms with van der Waals surface area (Å²) in [6, 6.07) is 25.3. The third-order valence-electron chi connectivity index (χ3n) is 5.60. The van der Waals surface area contributed by atoms with E-state index in [-0.39, 0.29) is 6.03 Å². The molecule has 164 valence electrons. The first kappa shape index (κ1) is 22.9. The Morgan fingerprint density at radius 1 is 1.09 bits per heavy atom. The topological polar surface area (TPSA) is 44.7 Å². The van der Waals surface area contributed by atoms with Crippen molar-refractivity contribution in [2.45, 2.75) is 11.8 Å². The number of hydrazone groups is 1. The average molecular weight is 529 g/mol. The quantitative estimate of drug-likeness (QED) is 0.373. The number of amides is 2. The summed E-state index contributed by atoms with van der Waals surface area (Å²) >= 11 is 11.4. The summed E-state index contributed by atoms with van der Waals surface area (Å²) in [5, 5.41) is 10.1. The minimum atomic E-state index is -0.408. The molecule has 0 saturated heterocycles. The van der Waals surface area contributed by atoms with Gasteiger partial charge in [0, 0.05) is 15.2 Å². The standard InChI is InChI=1S/C25H23BrClN3OS/c1-32-16-15-25(19-5-3-2-4-6-19)17-30(24(31)28-22-13-9-20(26)10-14-22)29-23(25)18-7-11-21(27)12-8-18/h2-14H,15-17H2,1H3,(H,28,31). The van der Waals surface area contributed by atoms with Crippen molar-refractivity contribution in [3.05, 3.63) is 99.5 Å². The highest BCUT2D eigenvalue weighted by Crippen LogP contribution is 2.39. The van der Waals surface area contributed by atoms with Crippen molar-refractivity contribution in [1.82, 2.24) is 5.01 Å². The Morgan fingerprint density at radius 3 is 2.44 bits per heavy atom. The number of thioether (sulfide) groups is 1. The van der Waals surface area contributed by atoms with Gasteiger partial charge >= 0.3 is 6.03 Å². The van der Waals surface area contributed by atoms with Crippen LogP contribution in [0.4, 0.5) is 10.5 Å². The fraction of sp³-hybridized carbons (Fsp3) is 0.200. The molecule has 3 aromatic rings. The van der Waals surface area contributed by atoms with E-state index in [2.05, 4.69) is 39.6 Å². The van der Waals surface area contributed by atoms with Gasteiger partial charge in [-0.2, -0.15) is 16.9 Å². The molecule has 7 heteroatoms. The van der Waals surface area contributed by atoms with Crippen LogP contribution in [-0.2, 0) is 5.41 Å². The number of nitrogens with zero attached hydrogens (tertiary/aromatic N) is 2. The SMILES string of the molecule is CSCCC1(c2ccccc2)CN(C(=O)Nc2ccc(Br)cc2)N=C1c1ccc(Cl)cc1. The zero-order valence-electron chi connectivity index (χ0n) is 17.6. The lowest BCUT2D eigenvalue weighted by Crippen LogP contribution is -2.41. The third-order valence-corrected chi connectivity index (χ3v) is 6.99. The predicted octanol–water partition coefficient (Wildman–Crippen LogP) is 7.05. The second kappa shape index (κ2) is 10.1. The maximum atomic E-state index is 13.2. The minimum Gasteiger partial charge on any atom is -0.306 e. The lowest BCUT2D eigenvalue weighted by molar-refractivity contribution is 0.213. The van der Waals surface area contributed by atoms with Crippen molar-refractivity contribution < 1.29 is 4.79 Å². The monoisotopic (exact) mass is 527 g/mol. The molecule has 0 radical (unpaired) electrons. The summed E-state index contributed by atoms with van der Waals surface area (Å²) in [4.78, 5) is 13.2. The summed E-state index contributed by atoms with van der Waals surface area (Å²) in [5.41, 5.74) is 3.33. The summed E-state index contributed by atoms with van der Waals surface area (Å²) in [6.07, 6.45) is 2.96. The van der Waals surface area contributed by atoms with Crippen LogP contribution in [0.2, 0.25) is 5.02 Å². The smallest absolute Gasteiger partial charge is 0.306 e. The Balaban J connectivity index is 1.74. The van der Waals surface area contributed by atoms with E-state index in [1.165, 1.54) is 0 Å². The molecule has 0 fully saturated rings. The summed E-state index contributed by atoms with van der Waals surface area (Å²) in [7, 11) is 0. The molecule has 1 aliphatic rings. The number of urea groups is 1. The molecular formula is C25H23BrClN3OS. The number of carbonyl (C=O) groups excluding carboxylic acids is 1. The van der Waals surface area contributed by atoms with Gasteiger partial charge in [0.1, 0.15) is 0 Å².